The van der Waals surface area contributed by atoms with Crippen LogP contribution in [0.2, 0.25) is 0 Å². The molecular formula is C27H32N4O6S. The summed E-state index contributed by atoms with van der Waals surface area (Å²) in [7, 11) is 2.46. The minimum Gasteiger partial charge on any atom is -0.486 e. The van der Waals surface area contributed by atoms with Crippen molar-refractivity contribution in [3.05, 3.63) is 65.0 Å². The maximum Gasteiger partial charge on any atom is 0.337 e. The number of amides is 1. The summed E-state index contributed by atoms with van der Waals surface area (Å²) in [6.45, 7) is 9.27. The first kappa shape index (κ1) is 28.7. The fourth-order valence-electron chi connectivity index (χ4n) is 3.55. The average molecular weight is 541 g/mol. The van der Waals surface area contributed by atoms with Crippen molar-refractivity contribution >= 4 is 35.3 Å². The van der Waals surface area contributed by atoms with Crippen LogP contribution in [-0.4, -0.2) is 52.6 Å². The van der Waals surface area contributed by atoms with Gasteiger partial charge in [-0.25, -0.2) is 9.59 Å². The van der Waals surface area contributed by atoms with Crippen LogP contribution in [0, 0.1) is 0 Å². The lowest BCUT2D eigenvalue weighted by Crippen LogP contribution is -2.16. The summed E-state index contributed by atoms with van der Waals surface area (Å²) in [5.41, 5.74) is 1.77. The van der Waals surface area contributed by atoms with Crippen LogP contribution < -0.4 is 10.1 Å². The number of benzene rings is 2. The molecular weight excluding hydrogens is 508 g/mol. The van der Waals surface area contributed by atoms with E-state index in [0.717, 1.165) is 5.75 Å². The molecule has 1 amide bonds. The minimum absolute atomic E-state index is 0.0310. The Morgan fingerprint density at radius 1 is 0.947 bits per heavy atom. The normalized spacial score (nSPS) is 11.1. The van der Waals surface area contributed by atoms with Gasteiger partial charge in [-0.1, -0.05) is 44.7 Å². The smallest absolute Gasteiger partial charge is 0.337 e. The number of carbonyl (C=O) groups is 3. The number of anilines is 1. The van der Waals surface area contributed by atoms with Crippen LogP contribution in [0.25, 0.3) is 0 Å². The molecule has 0 aliphatic heterocycles. The summed E-state index contributed by atoms with van der Waals surface area (Å²) in [4.78, 5) is 36.6. The molecule has 0 aliphatic carbocycles. The lowest BCUT2D eigenvalue weighted by molar-refractivity contribution is -0.113. The Hall–Kier alpha value is -3.86. The van der Waals surface area contributed by atoms with Crippen molar-refractivity contribution in [1.29, 1.82) is 0 Å². The lowest BCUT2D eigenvalue weighted by atomic mass is 9.87. The second kappa shape index (κ2) is 12.6. The molecule has 0 unspecified atom stereocenters. The fourth-order valence-corrected chi connectivity index (χ4v) is 4.37. The largest absolute Gasteiger partial charge is 0.486 e. The predicted octanol–water partition coefficient (Wildman–Crippen LogP) is 4.48. The number of nitrogens with zero attached hydrogens (tertiary/aromatic N) is 3. The Morgan fingerprint density at radius 2 is 1.55 bits per heavy atom. The number of hydrogen-bond donors (Lipinski definition) is 1. The van der Waals surface area contributed by atoms with Gasteiger partial charge in [-0.2, -0.15) is 0 Å². The van der Waals surface area contributed by atoms with Crippen molar-refractivity contribution in [3.8, 4) is 5.75 Å². The molecule has 0 fully saturated rings. The zero-order valence-electron chi connectivity index (χ0n) is 22.4. The second-order valence-electron chi connectivity index (χ2n) is 9.33. The summed E-state index contributed by atoms with van der Waals surface area (Å²) in [6, 6.07) is 12.2. The molecule has 3 aromatic rings. The van der Waals surface area contributed by atoms with E-state index < -0.39 is 11.9 Å². The van der Waals surface area contributed by atoms with Crippen LogP contribution in [0.5, 0.6) is 5.75 Å². The molecule has 0 radical (unpaired) electrons. The highest BCUT2D eigenvalue weighted by Gasteiger charge is 2.17. The van der Waals surface area contributed by atoms with Crippen molar-refractivity contribution < 1.29 is 28.6 Å². The predicted molar refractivity (Wildman–Crippen MR) is 144 cm³/mol. The van der Waals surface area contributed by atoms with Gasteiger partial charge in [0.2, 0.25) is 5.91 Å². The highest BCUT2D eigenvalue weighted by molar-refractivity contribution is 7.99. The zero-order chi connectivity index (χ0) is 27.9. The Balaban J connectivity index is 1.63. The van der Waals surface area contributed by atoms with E-state index in [1.54, 1.807) is 0 Å². The molecule has 0 atom stereocenters. The molecule has 0 saturated carbocycles. The number of aromatic nitrogens is 3. The fraction of sp³-hybridized carbons (Fsp3) is 0.370. The molecule has 1 aromatic heterocycles. The third-order valence-electron chi connectivity index (χ3n) is 5.59. The van der Waals surface area contributed by atoms with E-state index in [4.69, 9.17) is 14.2 Å². The number of rotatable bonds is 10. The summed E-state index contributed by atoms with van der Waals surface area (Å²) in [6.07, 6.45) is 0. The molecule has 3 rings (SSSR count). The maximum atomic E-state index is 12.7. The van der Waals surface area contributed by atoms with Crippen molar-refractivity contribution in [2.75, 3.05) is 25.3 Å². The Kier molecular flexibility index (Phi) is 9.51. The van der Waals surface area contributed by atoms with Crippen molar-refractivity contribution in [2.45, 2.75) is 51.4 Å². The van der Waals surface area contributed by atoms with E-state index in [0.29, 0.717) is 17.5 Å². The molecule has 11 heteroatoms. The molecule has 0 saturated heterocycles. The van der Waals surface area contributed by atoms with Crippen LogP contribution in [0.15, 0.2) is 47.6 Å². The summed E-state index contributed by atoms with van der Waals surface area (Å²) in [5.74, 6) is -0.228. The Labute approximate surface area is 226 Å². The summed E-state index contributed by atoms with van der Waals surface area (Å²) in [5, 5.41) is 11.7. The molecule has 0 aliphatic rings. The van der Waals surface area contributed by atoms with E-state index in [1.165, 1.54) is 49.7 Å². The molecule has 2 aromatic carbocycles. The number of hydrogen-bond acceptors (Lipinski definition) is 9. The highest BCUT2D eigenvalue weighted by Crippen LogP contribution is 2.25. The Morgan fingerprint density at radius 3 is 2.08 bits per heavy atom. The third-order valence-corrected chi connectivity index (χ3v) is 6.56. The Bertz CT molecular complexity index is 1260. The van der Waals surface area contributed by atoms with Crippen LogP contribution in [0.4, 0.5) is 5.69 Å². The number of nitrogens with one attached hydrogen (secondary N) is 1. The quantitative estimate of drug-likeness (QED) is 0.293. The third kappa shape index (κ3) is 7.34. The summed E-state index contributed by atoms with van der Waals surface area (Å²) >= 11 is 1.21. The van der Waals surface area contributed by atoms with Crippen LogP contribution in [0.3, 0.4) is 0 Å². The molecule has 38 heavy (non-hydrogen) atoms. The lowest BCUT2D eigenvalue weighted by Gasteiger charge is -2.19. The van der Waals surface area contributed by atoms with Crippen LogP contribution >= 0.6 is 11.8 Å². The van der Waals surface area contributed by atoms with E-state index in [9.17, 15) is 14.4 Å². The maximum absolute atomic E-state index is 12.7. The first-order valence-electron chi connectivity index (χ1n) is 12.0. The molecule has 1 N–H and O–H groups in total. The minimum atomic E-state index is -0.642. The van der Waals surface area contributed by atoms with E-state index >= 15 is 0 Å². The summed E-state index contributed by atoms with van der Waals surface area (Å²) < 4.78 is 17.3. The number of ether oxygens (including phenoxy) is 3. The number of thioether (sulfide) groups is 1. The van der Waals surface area contributed by atoms with Crippen molar-refractivity contribution in [3.63, 3.8) is 0 Å². The van der Waals surface area contributed by atoms with Crippen LogP contribution in [0.1, 0.15) is 59.8 Å². The second-order valence-corrected chi connectivity index (χ2v) is 10.3. The standard InChI is InChI=1S/C27H32N4O6S/c1-7-31-22(15-37-21-10-8-19(9-11-21)27(2,3)4)29-30-26(31)38-16-23(32)28-20-13-17(24(33)35-5)12-18(14-20)25(34)36-6/h8-14H,7,15-16H2,1-6H3,(H,28,32). The van der Waals surface area contributed by atoms with Gasteiger partial charge in [0.1, 0.15) is 12.4 Å². The van der Waals surface area contributed by atoms with Gasteiger partial charge in [-0.05, 0) is 48.2 Å². The topological polar surface area (TPSA) is 122 Å². The number of methoxy groups -OCH3 is 2. The van der Waals surface area contributed by atoms with Crippen molar-refractivity contribution in [1.82, 2.24) is 14.8 Å². The van der Waals surface area contributed by atoms with Crippen LogP contribution in [-0.2, 0) is 32.8 Å². The number of esters is 2. The van der Waals surface area contributed by atoms with Gasteiger partial charge in [0, 0.05) is 12.2 Å². The van der Waals surface area contributed by atoms with E-state index in [1.807, 2.05) is 23.6 Å². The van der Waals surface area contributed by atoms with Gasteiger partial charge in [0.15, 0.2) is 11.0 Å². The first-order valence-corrected chi connectivity index (χ1v) is 12.9. The molecule has 202 valence electrons. The highest BCUT2D eigenvalue weighted by atomic mass is 32.2. The molecule has 10 nitrogen and oxygen atoms in total. The van der Waals surface area contributed by atoms with Crippen molar-refractivity contribution in [2.24, 2.45) is 0 Å². The number of carbonyl (C=O) groups excluding carboxylic acids is 3. The van der Waals surface area contributed by atoms with E-state index in [-0.39, 0.29) is 40.5 Å². The first-order chi connectivity index (χ1) is 18.0. The van der Waals surface area contributed by atoms with Gasteiger partial charge in [-0.3, -0.25) is 4.79 Å². The SMILES string of the molecule is CCn1c(COc2ccc(C(C)(C)C)cc2)nnc1SCC(=O)Nc1cc(C(=O)OC)cc(C(=O)OC)c1. The zero-order valence-corrected chi connectivity index (χ0v) is 23.2. The molecule has 0 bridgehead atoms. The van der Waals surface area contributed by atoms with Gasteiger partial charge in [0.05, 0.1) is 31.1 Å². The molecule has 0 spiro atoms. The monoisotopic (exact) mass is 540 g/mol. The van der Waals surface area contributed by atoms with Gasteiger partial charge < -0.3 is 24.1 Å². The van der Waals surface area contributed by atoms with Gasteiger partial charge in [0.25, 0.3) is 0 Å². The van der Waals surface area contributed by atoms with Gasteiger partial charge >= 0.3 is 11.9 Å². The molecule has 1 heterocycles. The van der Waals surface area contributed by atoms with Gasteiger partial charge in [-0.15, -0.1) is 10.2 Å². The van der Waals surface area contributed by atoms with E-state index in [2.05, 4.69) is 48.4 Å². The average Bonchev–Trinajstić information content (AvgIpc) is 3.30.